The van der Waals surface area contributed by atoms with E-state index in [-0.39, 0.29) is 24.1 Å². The molecule has 0 spiro atoms. The largest absolute Gasteiger partial charge is 0.377 e. The Kier molecular flexibility index (Phi) is 5.15. The maximum Gasteiger partial charge on any atom is 0.241 e. The zero-order chi connectivity index (χ0) is 14.5. The van der Waals surface area contributed by atoms with Crippen molar-refractivity contribution in [2.75, 3.05) is 11.9 Å². The van der Waals surface area contributed by atoms with Crippen LogP contribution in [0.25, 0.3) is 0 Å². The van der Waals surface area contributed by atoms with Crippen LogP contribution in [-0.2, 0) is 9.53 Å². The molecule has 1 aliphatic rings. The SMILES string of the molecule is Cc1ccccc1NC(=O)[C@H](C)N[C@@H](C)[C@@H]1CCCO1. The topological polar surface area (TPSA) is 50.4 Å². The van der Waals surface area contributed by atoms with E-state index in [1.54, 1.807) is 0 Å². The third kappa shape index (κ3) is 3.81. The second kappa shape index (κ2) is 6.86. The van der Waals surface area contributed by atoms with Gasteiger partial charge < -0.3 is 15.4 Å². The van der Waals surface area contributed by atoms with Crippen molar-refractivity contribution in [1.29, 1.82) is 0 Å². The van der Waals surface area contributed by atoms with Crippen LogP contribution in [0.2, 0.25) is 0 Å². The number of nitrogens with one attached hydrogen (secondary N) is 2. The highest BCUT2D eigenvalue weighted by Crippen LogP contribution is 2.16. The van der Waals surface area contributed by atoms with Crippen LogP contribution in [-0.4, -0.2) is 30.7 Å². The first-order valence-electron chi connectivity index (χ1n) is 7.32. The summed E-state index contributed by atoms with van der Waals surface area (Å²) >= 11 is 0. The van der Waals surface area contributed by atoms with Crippen molar-refractivity contribution in [3.05, 3.63) is 29.8 Å². The number of carbonyl (C=O) groups excluding carboxylic acids is 1. The molecule has 4 nitrogen and oxygen atoms in total. The molecule has 0 radical (unpaired) electrons. The van der Waals surface area contributed by atoms with E-state index >= 15 is 0 Å². The minimum atomic E-state index is -0.242. The quantitative estimate of drug-likeness (QED) is 0.868. The van der Waals surface area contributed by atoms with Crippen molar-refractivity contribution in [3.8, 4) is 0 Å². The van der Waals surface area contributed by atoms with Crippen LogP contribution in [0.5, 0.6) is 0 Å². The van der Waals surface area contributed by atoms with Crippen molar-refractivity contribution in [2.24, 2.45) is 0 Å². The maximum absolute atomic E-state index is 12.2. The number of rotatable bonds is 5. The smallest absolute Gasteiger partial charge is 0.241 e. The van der Waals surface area contributed by atoms with Gasteiger partial charge in [-0.1, -0.05) is 18.2 Å². The summed E-state index contributed by atoms with van der Waals surface area (Å²) in [5.74, 6) is -0.0100. The summed E-state index contributed by atoms with van der Waals surface area (Å²) in [4.78, 5) is 12.2. The molecule has 2 N–H and O–H groups in total. The third-order valence-electron chi connectivity index (χ3n) is 3.83. The van der Waals surface area contributed by atoms with Gasteiger partial charge in [0.05, 0.1) is 12.1 Å². The number of carbonyl (C=O) groups is 1. The van der Waals surface area contributed by atoms with Crippen LogP contribution in [0.1, 0.15) is 32.3 Å². The van der Waals surface area contributed by atoms with Crippen molar-refractivity contribution >= 4 is 11.6 Å². The van der Waals surface area contributed by atoms with Gasteiger partial charge >= 0.3 is 0 Å². The second-order valence-electron chi connectivity index (χ2n) is 5.53. The van der Waals surface area contributed by atoms with Gasteiger partial charge in [-0.05, 0) is 45.2 Å². The van der Waals surface area contributed by atoms with E-state index in [0.29, 0.717) is 0 Å². The number of ether oxygens (including phenoxy) is 1. The lowest BCUT2D eigenvalue weighted by molar-refractivity contribution is -0.118. The van der Waals surface area contributed by atoms with Crippen LogP contribution < -0.4 is 10.6 Å². The molecule has 0 aliphatic carbocycles. The zero-order valence-corrected chi connectivity index (χ0v) is 12.5. The van der Waals surface area contributed by atoms with Gasteiger partial charge in [0.15, 0.2) is 0 Å². The summed E-state index contributed by atoms with van der Waals surface area (Å²) in [6.45, 7) is 6.79. The Morgan fingerprint density at radius 1 is 1.35 bits per heavy atom. The van der Waals surface area contributed by atoms with Gasteiger partial charge in [0.2, 0.25) is 5.91 Å². The summed E-state index contributed by atoms with van der Waals surface area (Å²) in [7, 11) is 0. The van der Waals surface area contributed by atoms with Gasteiger partial charge in [-0.15, -0.1) is 0 Å². The van der Waals surface area contributed by atoms with E-state index in [9.17, 15) is 4.79 Å². The number of hydrogen-bond acceptors (Lipinski definition) is 3. The van der Waals surface area contributed by atoms with E-state index in [4.69, 9.17) is 4.74 Å². The van der Waals surface area contributed by atoms with E-state index in [1.165, 1.54) is 0 Å². The lowest BCUT2D eigenvalue weighted by atomic mass is 10.1. The standard InChI is InChI=1S/C16H24N2O2/c1-11-7-4-5-8-14(11)18-16(19)13(3)17-12(2)15-9-6-10-20-15/h4-5,7-8,12-13,15,17H,6,9-10H2,1-3H3,(H,18,19)/t12-,13-,15-/m0/s1. The Labute approximate surface area is 120 Å². The van der Waals surface area contributed by atoms with Crippen LogP contribution in [0, 0.1) is 6.92 Å². The molecule has 1 aromatic rings. The van der Waals surface area contributed by atoms with Crippen LogP contribution in [0.3, 0.4) is 0 Å². The van der Waals surface area contributed by atoms with E-state index in [0.717, 1.165) is 30.7 Å². The highest BCUT2D eigenvalue weighted by molar-refractivity contribution is 5.95. The first-order valence-corrected chi connectivity index (χ1v) is 7.32. The summed E-state index contributed by atoms with van der Waals surface area (Å²) in [5, 5.41) is 6.29. The normalized spacial score (nSPS) is 21.4. The molecule has 2 rings (SSSR count). The van der Waals surface area contributed by atoms with Gasteiger partial charge in [-0.25, -0.2) is 0 Å². The molecule has 4 heteroatoms. The predicted molar refractivity (Wildman–Crippen MR) is 80.8 cm³/mol. The number of para-hydroxylation sites is 1. The average Bonchev–Trinajstić information content (AvgIpc) is 2.95. The molecule has 110 valence electrons. The molecule has 1 aromatic carbocycles. The number of aryl methyl sites for hydroxylation is 1. The Morgan fingerprint density at radius 2 is 2.10 bits per heavy atom. The predicted octanol–water partition coefficient (Wildman–Crippen LogP) is 2.48. The number of anilines is 1. The minimum absolute atomic E-state index is 0.0100. The first kappa shape index (κ1) is 15.0. The third-order valence-corrected chi connectivity index (χ3v) is 3.83. The fraction of sp³-hybridized carbons (Fsp3) is 0.562. The second-order valence-corrected chi connectivity index (χ2v) is 5.53. The van der Waals surface area contributed by atoms with Crippen LogP contribution in [0.4, 0.5) is 5.69 Å². The number of hydrogen-bond donors (Lipinski definition) is 2. The van der Waals surface area contributed by atoms with Gasteiger partial charge in [-0.2, -0.15) is 0 Å². The Morgan fingerprint density at radius 3 is 2.75 bits per heavy atom. The van der Waals surface area contributed by atoms with Gasteiger partial charge in [0, 0.05) is 18.3 Å². The van der Waals surface area contributed by atoms with Gasteiger partial charge in [-0.3, -0.25) is 4.79 Å². The van der Waals surface area contributed by atoms with E-state index in [1.807, 2.05) is 38.1 Å². The highest BCUT2D eigenvalue weighted by Gasteiger charge is 2.25. The molecule has 1 amide bonds. The molecule has 1 heterocycles. The highest BCUT2D eigenvalue weighted by atomic mass is 16.5. The van der Waals surface area contributed by atoms with Gasteiger partial charge in [0.25, 0.3) is 0 Å². The Hall–Kier alpha value is -1.39. The Balaban J connectivity index is 1.87. The summed E-state index contributed by atoms with van der Waals surface area (Å²) in [5.41, 5.74) is 1.94. The molecule has 0 unspecified atom stereocenters. The fourth-order valence-electron chi connectivity index (χ4n) is 2.53. The molecule has 1 fully saturated rings. The molecule has 0 bridgehead atoms. The van der Waals surface area contributed by atoms with E-state index < -0.39 is 0 Å². The first-order chi connectivity index (χ1) is 9.58. The van der Waals surface area contributed by atoms with Crippen molar-refractivity contribution in [3.63, 3.8) is 0 Å². The molecule has 1 saturated heterocycles. The number of benzene rings is 1. The molecular formula is C16H24N2O2. The lowest BCUT2D eigenvalue weighted by Gasteiger charge is -2.24. The average molecular weight is 276 g/mol. The molecule has 3 atom stereocenters. The van der Waals surface area contributed by atoms with Crippen LogP contribution in [0.15, 0.2) is 24.3 Å². The fourth-order valence-corrected chi connectivity index (χ4v) is 2.53. The molecule has 1 aliphatic heterocycles. The molecule has 0 saturated carbocycles. The molecule has 0 aromatic heterocycles. The monoisotopic (exact) mass is 276 g/mol. The Bertz CT molecular complexity index is 456. The maximum atomic E-state index is 12.2. The van der Waals surface area contributed by atoms with Crippen molar-refractivity contribution in [1.82, 2.24) is 5.32 Å². The van der Waals surface area contributed by atoms with Crippen molar-refractivity contribution in [2.45, 2.75) is 51.8 Å². The van der Waals surface area contributed by atoms with E-state index in [2.05, 4.69) is 17.6 Å². The molecular weight excluding hydrogens is 252 g/mol. The lowest BCUT2D eigenvalue weighted by Crippen LogP contribution is -2.47. The minimum Gasteiger partial charge on any atom is -0.377 e. The summed E-state index contributed by atoms with van der Waals surface area (Å²) in [6, 6.07) is 7.75. The number of amides is 1. The summed E-state index contributed by atoms with van der Waals surface area (Å²) in [6.07, 6.45) is 2.41. The summed E-state index contributed by atoms with van der Waals surface area (Å²) < 4.78 is 5.64. The van der Waals surface area contributed by atoms with Crippen molar-refractivity contribution < 1.29 is 9.53 Å². The zero-order valence-electron chi connectivity index (χ0n) is 12.5. The van der Waals surface area contributed by atoms with Crippen LogP contribution >= 0.6 is 0 Å². The van der Waals surface area contributed by atoms with Gasteiger partial charge in [0.1, 0.15) is 0 Å². The molecule has 20 heavy (non-hydrogen) atoms.